The molecule has 1 aliphatic heterocycles. The van der Waals surface area contributed by atoms with Crippen molar-refractivity contribution in [3.63, 3.8) is 0 Å². The number of hydrogen-bond acceptors (Lipinski definition) is 4. The molecule has 0 unspecified atom stereocenters. The van der Waals surface area contributed by atoms with Crippen molar-refractivity contribution < 1.29 is 13.2 Å². The van der Waals surface area contributed by atoms with Gasteiger partial charge >= 0.3 is 0 Å². The van der Waals surface area contributed by atoms with Gasteiger partial charge < -0.3 is 0 Å². The Labute approximate surface area is 141 Å². The number of sulfonamides is 1. The maximum absolute atomic E-state index is 12.5. The van der Waals surface area contributed by atoms with Gasteiger partial charge in [0.05, 0.1) is 10.1 Å². The van der Waals surface area contributed by atoms with E-state index in [4.69, 9.17) is 0 Å². The summed E-state index contributed by atoms with van der Waals surface area (Å²) in [6.45, 7) is 7.76. The number of carbonyl (C=O) groups excluding carboxylic acids is 1. The van der Waals surface area contributed by atoms with Crippen LogP contribution in [0.1, 0.15) is 25.8 Å². The molecule has 0 aromatic heterocycles. The minimum absolute atomic E-state index is 0.118. The topological polar surface area (TPSA) is 66.8 Å². The van der Waals surface area contributed by atoms with E-state index in [1.807, 2.05) is 13.8 Å². The average Bonchev–Trinajstić information content (AvgIpc) is 2.83. The lowest BCUT2D eigenvalue weighted by molar-refractivity contribution is -0.125. The van der Waals surface area contributed by atoms with Gasteiger partial charge in [0, 0.05) is 6.54 Å². The molecule has 0 saturated carbocycles. The van der Waals surface area contributed by atoms with E-state index in [2.05, 4.69) is 11.0 Å². The Hall–Kier alpha value is -1.60. The van der Waals surface area contributed by atoms with E-state index in [-0.39, 0.29) is 27.8 Å². The first-order valence-electron chi connectivity index (χ1n) is 7.45. The second-order valence-corrected chi connectivity index (χ2v) is 7.87. The van der Waals surface area contributed by atoms with Gasteiger partial charge in [0.15, 0.2) is 5.17 Å². The molecule has 0 N–H and O–H groups in total. The second kappa shape index (κ2) is 7.31. The number of thioether (sulfide) groups is 1. The molecular formula is C16H20N2O3S2. The molecule has 1 atom stereocenters. The highest BCUT2D eigenvalue weighted by atomic mass is 32.2. The molecule has 124 valence electrons. The molecule has 1 amide bonds. The first-order chi connectivity index (χ1) is 10.9. The third-order valence-corrected chi connectivity index (χ3v) is 6.27. The summed E-state index contributed by atoms with van der Waals surface area (Å²) in [5.74, 6) is -0.118. The summed E-state index contributed by atoms with van der Waals surface area (Å²) in [6, 6.07) is 6.65. The first-order valence-corrected chi connectivity index (χ1v) is 9.77. The van der Waals surface area contributed by atoms with Crippen LogP contribution in [-0.2, 0) is 21.2 Å². The molecule has 23 heavy (non-hydrogen) atoms. The van der Waals surface area contributed by atoms with E-state index in [9.17, 15) is 13.2 Å². The predicted molar refractivity (Wildman–Crippen MR) is 94.0 cm³/mol. The lowest BCUT2D eigenvalue weighted by atomic mass is 10.2. The minimum Gasteiger partial charge on any atom is -0.286 e. The van der Waals surface area contributed by atoms with Crippen molar-refractivity contribution in [1.29, 1.82) is 0 Å². The van der Waals surface area contributed by atoms with E-state index in [1.165, 1.54) is 16.7 Å². The minimum atomic E-state index is -3.84. The molecule has 7 heteroatoms. The van der Waals surface area contributed by atoms with Crippen molar-refractivity contribution >= 4 is 32.9 Å². The molecule has 1 aromatic carbocycles. The molecule has 0 spiro atoms. The van der Waals surface area contributed by atoms with Crippen molar-refractivity contribution in [1.82, 2.24) is 4.90 Å². The average molecular weight is 352 g/mol. The lowest BCUT2D eigenvalue weighted by Gasteiger charge is -2.13. The van der Waals surface area contributed by atoms with Gasteiger partial charge in [-0.15, -0.1) is 11.0 Å². The summed E-state index contributed by atoms with van der Waals surface area (Å²) in [5.41, 5.74) is 1.06. The smallest absolute Gasteiger partial charge is 0.284 e. The van der Waals surface area contributed by atoms with Crippen molar-refractivity contribution in [2.45, 2.75) is 36.8 Å². The van der Waals surface area contributed by atoms with E-state index < -0.39 is 10.0 Å². The zero-order valence-corrected chi connectivity index (χ0v) is 14.9. The molecular weight excluding hydrogens is 332 g/mol. The van der Waals surface area contributed by atoms with Crippen LogP contribution in [0.4, 0.5) is 0 Å². The third-order valence-electron chi connectivity index (χ3n) is 3.53. The van der Waals surface area contributed by atoms with Gasteiger partial charge in [-0.25, -0.2) is 0 Å². The molecule has 5 nitrogen and oxygen atoms in total. The molecule has 1 aliphatic rings. The Balaban J connectivity index is 2.36. The highest BCUT2D eigenvalue weighted by Crippen LogP contribution is 2.30. The highest BCUT2D eigenvalue weighted by Gasteiger charge is 2.37. The zero-order chi connectivity index (χ0) is 17.0. The fraction of sp³-hybridized carbons (Fsp3) is 0.375. The second-order valence-electron chi connectivity index (χ2n) is 5.10. The molecule has 1 heterocycles. The summed E-state index contributed by atoms with van der Waals surface area (Å²) in [6.07, 6.45) is 3.03. The summed E-state index contributed by atoms with van der Waals surface area (Å²) in [7, 11) is -3.84. The first kappa shape index (κ1) is 17.7. The molecule has 0 aliphatic carbocycles. The van der Waals surface area contributed by atoms with Crippen LogP contribution in [0.15, 0.2) is 46.2 Å². The molecule has 1 aromatic rings. The fourth-order valence-corrected chi connectivity index (χ4v) is 4.48. The van der Waals surface area contributed by atoms with Crippen LogP contribution in [0.5, 0.6) is 0 Å². The summed E-state index contributed by atoms with van der Waals surface area (Å²) >= 11 is 1.20. The highest BCUT2D eigenvalue weighted by molar-refractivity contribution is 8.16. The Kier molecular flexibility index (Phi) is 5.64. The summed E-state index contributed by atoms with van der Waals surface area (Å²) in [4.78, 5) is 13.7. The number of hydrogen-bond donors (Lipinski definition) is 0. The van der Waals surface area contributed by atoms with Crippen LogP contribution >= 0.6 is 11.8 Å². The summed E-state index contributed by atoms with van der Waals surface area (Å²) < 4.78 is 28.8. The molecule has 2 rings (SSSR count). The standard InChI is InChI=1S/C16H20N2O3S2/c1-4-11-18-15(19)14(6-3)22-16(18)17-23(20,21)13-9-7-12(5-2)8-10-13/h4,7-10,14H,1,5-6,11H2,2-3H3/t14-/m0/s1. The van der Waals surface area contributed by atoms with Crippen molar-refractivity contribution in [3.05, 3.63) is 42.5 Å². The molecule has 0 radical (unpaired) electrons. The Morgan fingerprint density at radius 1 is 1.30 bits per heavy atom. The van der Waals surface area contributed by atoms with Gasteiger partial charge in [-0.1, -0.05) is 43.8 Å². The van der Waals surface area contributed by atoms with Crippen molar-refractivity contribution in [3.8, 4) is 0 Å². The molecule has 1 fully saturated rings. The van der Waals surface area contributed by atoms with Crippen molar-refractivity contribution in [2.75, 3.05) is 6.54 Å². The Bertz CT molecular complexity index is 724. The van der Waals surface area contributed by atoms with Gasteiger partial charge in [0.1, 0.15) is 0 Å². The van der Waals surface area contributed by atoms with Crippen LogP contribution in [0.25, 0.3) is 0 Å². The number of carbonyl (C=O) groups is 1. The number of benzene rings is 1. The number of nitrogens with zero attached hydrogens (tertiary/aromatic N) is 2. The monoisotopic (exact) mass is 352 g/mol. The van der Waals surface area contributed by atoms with Crippen LogP contribution in [0.2, 0.25) is 0 Å². The number of aryl methyl sites for hydroxylation is 1. The van der Waals surface area contributed by atoms with Gasteiger partial charge in [0.25, 0.3) is 10.0 Å². The van der Waals surface area contributed by atoms with Crippen LogP contribution < -0.4 is 0 Å². The zero-order valence-electron chi connectivity index (χ0n) is 13.2. The summed E-state index contributed by atoms with van der Waals surface area (Å²) in [5, 5.41) is -0.0623. The van der Waals surface area contributed by atoms with E-state index in [0.717, 1.165) is 12.0 Å². The molecule has 1 saturated heterocycles. The van der Waals surface area contributed by atoms with E-state index in [1.54, 1.807) is 30.3 Å². The maximum atomic E-state index is 12.5. The number of amides is 1. The van der Waals surface area contributed by atoms with Gasteiger partial charge in [-0.3, -0.25) is 9.69 Å². The quantitative estimate of drug-likeness (QED) is 0.739. The van der Waals surface area contributed by atoms with Gasteiger partial charge in [0.2, 0.25) is 5.91 Å². The normalized spacial score (nSPS) is 20.3. The number of amidine groups is 1. The van der Waals surface area contributed by atoms with Gasteiger partial charge in [-0.2, -0.15) is 8.42 Å². The van der Waals surface area contributed by atoms with Crippen LogP contribution in [0, 0.1) is 0 Å². The van der Waals surface area contributed by atoms with Crippen LogP contribution in [-0.4, -0.2) is 36.2 Å². The molecule has 0 bridgehead atoms. The SMILES string of the molecule is C=CCN1C(=O)[C@H](CC)SC1=NS(=O)(=O)c1ccc(CC)cc1. The third kappa shape index (κ3) is 3.84. The van der Waals surface area contributed by atoms with E-state index >= 15 is 0 Å². The lowest BCUT2D eigenvalue weighted by Crippen LogP contribution is -2.32. The Morgan fingerprint density at radius 3 is 2.48 bits per heavy atom. The maximum Gasteiger partial charge on any atom is 0.284 e. The fourth-order valence-electron chi connectivity index (χ4n) is 2.19. The van der Waals surface area contributed by atoms with Crippen LogP contribution in [0.3, 0.4) is 0 Å². The Morgan fingerprint density at radius 2 is 1.96 bits per heavy atom. The van der Waals surface area contributed by atoms with Gasteiger partial charge in [-0.05, 0) is 30.5 Å². The number of rotatable bonds is 6. The largest absolute Gasteiger partial charge is 0.286 e. The van der Waals surface area contributed by atoms with Crippen molar-refractivity contribution in [2.24, 2.45) is 4.40 Å². The predicted octanol–water partition coefficient (Wildman–Crippen LogP) is 2.83. The van der Waals surface area contributed by atoms with E-state index in [0.29, 0.717) is 6.42 Å².